The highest BCUT2D eigenvalue weighted by Crippen LogP contribution is 2.28. The van der Waals surface area contributed by atoms with E-state index in [0.29, 0.717) is 26.2 Å². The highest BCUT2D eigenvalue weighted by atomic mass is 16.1. The van der Waals surface area contributed by atoms with Crippen molar-refractivity contribution in [3.8, 4) is 0 Å². The summed E-state index contributed by atoms with van der Waals surface area (Å²) in [6.45, 7) is 4.55. The number of nitrogens with two attached hydrogens (primary N) is 1. The molecule has 0 bridgehead atoms. The minimum Gasteiger partial charge on any atom is -0.358 e. The molecule has 0 spiro atoms. The summed E-state index contributed by atoms with van der Waals surface area (Å²) >= 11 is 0. The SMILES string of the molecule is C[C@@H](Cc1cc2ccc3c(=O)n(Cc4ccccc4)ccc3c2[nH]1)c1ccc(Cn2ccc3c(ccc4ccn(CCN)c43)c2=O)cc1. The number of nitrogens with one attached hydrogen (secondary N) is 1. The van der Waals surface area contributed by atoms with E-state index in [4.69, 9.17) is 5.73 Å². The van der Waals surface area contributed by atoms with Crippen LogP contribution in [0, 0.1) is 0 Å². The Labute approximate surface area is 277 Å². The lowest BCUT2D eigenvalue weighted by Gasteiger charge is -2.13. The molecule has 4 aromatic carbocycles. The van der Waals surface area contributed by atoms with Gasteiger partial charge >= 0.3 is 0 Å². The average Bonchev–Trinajstić information content (AvgIpc) is 3.72. The Kier molecular flexibility index (Phi) is 7.54. The van der Waals surface area contributed by atoms with Gasteiger partial charge in [-0.15, -0.1) is 0 Å². The molecule has 0 saturated heterocycles. The molecule has 238 valence electrons. The van der Waals surface area contributed by atoms with Crippen molar-refractivity contribution in [2.24, 2.45) is 5.73 Å². The van der Waals surface area contributed by atoms with Gasteiger partial charge in [-0.25, -0.2) is 0 Å². The maximum absolute atomic E-state index is 13.5. The van der Waals surface area contributed by atoms with E-state index >= 15 is 0 Å². The van der Waals surface area contributed by atoms with E-state index in [2.05, 4.69) is 52.9 Å². The summed E-state index contributed by atoms with van der Waals surface area (Å²) in [4.78, 5) is 30.5. The van der Waals surface area contributed by atoms with Crippen LogP contribution in [-0.4, -0.2) is 25.2 Å². The van der Waals surface area contributed by atoms with Gasteiger partial charge in [0.05, 0.1) is 24.1 Å². The van der Waals surface area contributed by atoms with E-state index in [1.54, 1.807) is 9.13 Å². The first-order valence-corrected chi connectivity index (χ1v) is 16.5. The van der Waals surface area contributed by atoms with Gasteiger partial charge in [-0.2, -0.15) is 0 Å². The molecular weight excluding hydrogens is 594 g/mol. The molecule has 0 aliphatic heterocycles. The Morgan fingerprint density at radius 2 is 1.27 bits per heavy atom. The number of H-pyrrole nitrogens is 1. The van der Waals surface area contributed by atoms with Crippen LogP contribution in [0.15, 0.2) is 131 Å². The van der Waals surface area contributed by atoms with Gasteiger partial charge in [0.15, 0.2) is 0 Å². The van der Waals surface area contributed by atoms with E-state index in [1.807, 2.05) is 85.3 Å². The summed E-state index contributed by atoms with van der Waals surface area (Å²) in [5.74, 6) is 0.275. The maximum atomic E-state index is 13.5. The second-order valence-electron chi connectivity index (χ2n) is 12.9. The summed E-state index contributed by atoms with van der Waals surface area (Å²) in [5.41, 5.74) is 12.5. The van der Waals surface area contributed by atoms with Crippen molar-refractivity contribution in [3.63, 3.8) is 0 Å². The molecule has 8 rings (SSSR count). The Bertz CT molecular complexity index is 2550. The molecule has 0 aliphatic rings. The predicted molar refractivity (Wildman–Crippen MR) is 196 cm³/mol. The Morgan fingerprint density at radius 3 is 1.98 bits per heavy atom. The average molecular weight is 632 g/mol. The van der Waals surface area contributed by atoms with E-state index < -0.39 is 0 Å². The van der Waals surface area contributed by atoms with Crippen molar-refractivity contribution in [3.05, 3.63) is 165 Å². The number of pyridine rings is 2. The number of aromatic amines is 1. The first kappa shape index (κ1) is 29.7. The van der Waals surface area contributed by atoms with E-state index in [-0.39, 0.29) is 17.0 Å². The smallest absolute Gasteiger partial charge is 0.258 e. The third-order valence-electron chi connectivity index (χ3n) is 9.68. The van der Waals surface area contributed by atoms with Gasteiger partial charge < -0.3 is 24.4 Å². The molecule has 4 heterocycles. The summed E-state index contributed by atoms with van der Waals surface area (Å²) in [7, 11) is 0. The van der Waals surface area contributed by atoms with Gasteiger partial charge in [0.2, 0.25) is 0 Å². The van der Waals surface area contributed by atoms with Crippen molar-refractivity contribution in [1.29, 1.82) is 0 Å². The number of aromatic nitrogens is 4. The zero-order valence-electron chi connectivity index (χ0n) is 26.9. The van der Waals surface area contributed by atoms with Gasteiger partial charge in [0, 0.05) is 69.7 Å². The monoisotopic (exact) mass is 631 g/mol. The lowest BCUT2D eigenvalue weighted by molar-refractivity contribution is 0.736. The van der Waals surface area contributed by atoms with Crippen LogP contribution in [0.25, 0.3) is 43.4 Å². The molecule has 7 nitrogen and oxygen atoms in total. The molecule has 0 saturated carbocycles. The lowest BCUT2D eigenvalue weighted by Crippen LogP contribution is -2.20. The highest BCUT2D eigenvalue weighted by Gasteiger charge is 2.14. The number of benzene rings is 4. The second-order valence-corrected chi connectivity index (χ2v) is 12.9. The van der Waals surface area contributed by atoms with Crippen LogP contribution >= 0.6 is 0 Å². The molecule has 7 heteroatoms. The van der Waals surface area contributed by atoms with Crippen molar-refractivity contribution in [2.45, 2.75) is 38.9 Å². The second kappa shape index (κ2) is 12.2. The van der Waals surface area contributed by atoms with Crippen LogP contribution in [0.4, 0.5) is 0 Å². The van der Waals surface area contributed by atoms with Gasteiger partial charge in [-0.05, 0) is 65.4 Å². The molecule has 0 radical (unpaired) electrons. The molecule has 3 N–H and O–H groups in total. The first-order chi connectivity index (χ1) is 23.5. The predicted octanol–water partition coefficient (Wildman–Crippen LogP) is 7.15. The molecule has 48 heavy (non-hydrogen) atoms. The molecule has 0 unspecified atom stereocenters. The van der Waals surface area contributed by atoms with Crippen LogP contribution in [0.5, 0.6) is 0 Å². The first-order valence-electron chi connectivity index (χ1n) is 16.5. The van der Waals surface area contributed by atoms with Crippen LogP contribution in [0.1, 0.15) is 35.2 Å². The molecule has 8 aromatic rings. The van der Waals surface area contributed by atoms with E-state index in [0.717, 1.165) is 66.6 Å². The third-order valence-corrected chi connectivity index (χ3v) is 9.68. The summed E-state index contributed by atoms with van der Waals surface area (Å²) in [6, 6.07) is 34.9. The fourth-order valence-electron chi connectivity index (χ4n) is 7.15. The van der Waals surface area contributed by atoms with Gasteiger partial charge in [-0.1, -0.05) is 73.7 Å². The van der Waals surface area contributed by atoms with Crippen molar-refractivity contribution in [1.82, 2.24) is 18.7 Å². The molecule has 0 aliphatic carbocycles. The fraction of sp³-hybridized carbons (Fsp3) is 0.171. The van der Waals surface area contributed by atoms with Gasteiger partial charge in [-0.3, -0.25) is 9.59 Å². The standard InChI is InChI=1S/C41H37N5O2/c1-27(23-33-24-32-12-14-36-34(38(32)43-33)16-20-45(40(36)47)25-28-5-3-2-4-6-28)30-9-7-29(8-10-30)26-46-21-17-35-37(41(46)48)13-11-31-15-19-44(22-18-42)39(31)35/h2-17,19-21,24,27,43H,18,22-23,25-26,42H2,1H3/t27-/m0/s1. The number of hydrogen-bond acceptors (Lipinski definition) is 3. The zero-order valence-corrected chi connectivity index (χ0v) is 26.9. The normalized spacial score (nSPS) is 12.5. The van der Waals surface area contributed by atoms with Gasteiger partial charge in [0.25, 0.3) is 11.1 Å². The summed E-state index contributed by atoms with van der Waals surface area (Å²) < 4.78 is 5.69. The van der Waals surface area contributed by atoms with Crippen LogP contribution < -0.4 is 16.9 Å². The summed E-state index contributed by atoms with van der Waals surface area (Å²) in [6.07, 6.45) is 6.67. The number of fused-ring (bicyclic) bond motifs is 6. The lowest BCUT2D eigenvalue weighted by atomic mass is 9.95. The quantitative estimate of drug-likeness (QED) is 0.177. The fourth-order valence-corrected chi connectivity index (χ4v) is 7.15. The molecular formula is C41H37N5O2. The van der Waals surface area contributed by atoms with E-state index in [1.165, 1.54) is 5.56 Å². The minimum absolute atomic E-state index is 0.00814. The van der Waals surface area contributed by atoms with Crippen molar-refractivity contribution < 1.29 is 0 Å². The van der Waals surface area contributed by atoms with Gasteiger partial charge in [0.1, 0.15) is 0 Å². The Morgan fingerprint density at radius 1 is 0.646 bits per heavy atom. The zero-order chi connectivity index (χ0) is 32.8. The largest absolute Gasteiger partial charge is 0.358 e. The molecule has 1 atom stereocenters. The Balaban J connectivity index is 1.000. The van der Waals surface area contributed by atoms with Crippen molar-refractivity contribution >= 4 is 43.4 Å². The number of hydrogen-bond donors (Lipinski definition) is 2. The topological polar surface area (TPSA) is 90.7 Å². The molecule has 0 amide bonds. The summed E-state index contributed by atoms with van der Waals surface area (Å²) in [5, 5.41) is 5.57. The molecule has 4 aromatic heterocycles. The van der Waals surface area contributed by atoms with Crippen LogP contribution in [0.2, 0.25) is 0 Å². The van der Waals surface area contributed by atoms with Crippen molar-refractivity contribution in [2.75, 3.05) is 6.54 Å². The minimum atomic E-state index is 0.00814. The van der Waals surface area contributed by atoms with E-state index in [9.17, 15) is 9.59 Å². The maximum Gasteiger partial charge on any atom is 0.258 e. The molecule has 0 fully saturated rings. The van der Waals surface area contributed by atoms with Crippen LogP contribution in [-0.2, 0) is 26.1 Å². The Hall–Kier alpha value is -5.66. The number of nitrogens with zero attached hydrogens (tertiary/aromatic N) is 3. The third kappa shape index (κ3) is 5.32. The highest BCUT2D eigenvalue weighted by molar-refractivity contribution is 6.06. The number of rotatable bonds is 9. The van der Waals surface area contributed by atoms with Crippen LogP contribution in [0.3, 0.4) is 0 Å².